The van der Waals surface area contributed by atoms with Crippen LogP contribution in [0, 0.1) is 11.8 Å². The number of hydrogen-bond donors (Lipinski definition) is 1. The molecule has 1 saturated heterocycles. The first kappa shape index (κ1) is 10.9. The van der Waals surface area contributed by atoms with E-state index in [0.717, 1.165) is 6.42 Å². The molecule has 13 heavy (non-hydrogen) atoms. The van der Waals surface area contributed by atoms with Crippen molar-refractivity contribution in [3.05, 3.63) is 0 Å². The molecule has 0 aromatic heterocycles. The molecule has 1 aliphatic heterocycles. The Bertz CT molecular complexity index is 263. The van der Waals surface area contributed by atoms with E-state index in [4.69, 9.17) is 5.73 Å². The van der Waals surface area contributed by atoms with Gasteiger partial charge >= 0.3 is 0 Å². The first-order valence-corrected chi connectivity index (χ1v) is 6.45. The SMILES string of the molecule is CC1CCN(S(C)(=O)=O)CC1CN. The minimum atomic E-state index is -3.01. The summed E-state index contributed by atoms with van der Waals surface area (Å²) >= 11 is 0. The molecule has 0 aliphatic carbocycles. The molecule has 1 aliphatic rings. The summed E-state index contributed by atoms with van der Waals surface area (Å²) in [7, 11) is -3.01. The molecular weight excluding hydrogens is 188 g/mol. The number of nitrogens with two attached hydrogens (primary N) is 1. The van der Waals surface area contributed by atoms with E-state index in [1.165, 1.54) is 10.6 Å². The van der Waals surface area contributed by atoms with E-state index in [-0.39, 0.29) is 0 Å². The molecule has 2 N–H and O–H groups in total. The molecular formula is C8H18N2O2S. The van der Waals surface area contributed by atoms with Crippen LogP contribution in [0.5, 0.6) is 0 Å². The van der Waals surface area contributed by atoms with Crippen LogP contribution >= 0.6 is 0 Å². The van der Waals surface area contributed by atoms with Crippen molar-refractivity contribution in [2.24, 2.45) is 17.6 Å². The molecule has 0 saturated carbocycles. The Morgan fingerprint density at radius 2 is 2.15 bits per heavy atom. The van der Waals surface area contributed by atoms with Crippen LogP contribution in [0.25, 0.3) is 0 Å². The quantitative estimate of drug-likeness (QED) is 0.684. The van der Waals surface area contributed by atoms with Gasteiger partial charge in [0.15, 0.2) is 0 Å². The molecule has 0 spiro atoms. The lowest BCUT2D eigenvalue weighted by atomic mass is 9.88. The van der Waals surface area contributed by atoms with Gasteiger partial charge in [-0.3, -0.25) is 0 Å². The van der Waals surface area contributed by atoms with E-state index in [1.54, 1.807) is 0 Å². The van der Waals surface area contributed by atoms with Gasteiger partial charge in [0.25, 0.3) is 0 Å². The summed E-state index contributed by atoms with van der Waals surface area (Å²) in [6.45, 7) is 3.96. The molecule has 5 heteroatoms. The minimum absolute atomic E-state index is 0.323. The number of hydrogen-bond acceptors (Lipinski definition) is 3. The Hall–Kier alpha value is -0.130. The molecule has 0 amide bonds. The molecule has 1 fully saturated rings. The zero-order valence-corrected chi connectivity index (χ0v) is 9.05. The fourth-order valence-electron chi connectivity index (χ4n) is 1.72. The van der Waals surface area contributed by atoms with Crippen molar-refractivity contribution in [2.45, 2.75) is 13.3 Å². The molecule has 2 unspecified atom stereocenters. The number of rotatable bonds is 2. The maximum atomic E-state index is 11.2. The number of nitrogens with zero attached hydrogens (tertiary/aromatic N) is 1. The largest absolute Gasteiger partial charge is 0.330 e. The van der Waals surface area contributed by atoms with Crippen LogP contribution in [0.3, 0.4) is 0 Å². The zero-order valence-electron chi connectivity index (χ0n) is 8.23. The summed E-state index contributed by atoms with van der Waals surface area (Å²) in [6.07, 6.45) is 2.19. The third-order valence-electron chi connectivity index (χ3n) is 2.85. The van der Waals surface area contributed by atoms with Gasteiger partial charge in [0.1, 0.15) is 0 Å². The lowest BCUT2D eigenvalue weighted by Crippen LogP contribution is -2.44. The predicted molar refractivity (Wildman–Crippen MR) is 52.7 cm³/mol. The Morgan fingerprint density at radius 3 is 2.62 bits per heavy atom. The Kier molecular flexibility index (Phi) is 3.32. The first-order valence-electron chi connectivity index (χ1n) is 4.60. The summed E-state index contributed by atoms with van der Waals surface area (Å²) in [5.41, 5.74) is 5.58. The van der Waals surface area contributed by atoms with E-state index in [2.05, 4.69) is 6.92 Å². The van der Waals surface area contributed by atoms with E-state index in [9.17, 15) is 8.42 Å². The highest BCUT2D eigenvalue weighted by atomic mass is 32.2. The molecule has 1 rings (SSSR count). The third kappa shape index (κ3) is 2.65. The second kappa shape index (κ2) is 3.94. The fourth-order valence-corrected chi connectivity index (χ4v) is 2.62. The second-order valence-corrected chi connectivity index (χ2v) is 5.87. The van der Waals surface area contributed by atoms with Crippen molar-refractivity contribution < 1.29 is 8.42 Å². The lowest BCUT2D eigenvalue weighted by Gasteiger charge is -2.34. The summed E-state index contributed by atoms with van der Waals surface area (Å²) in [5, 5.41) is 0. The molecule has 0 radical (unpaired) electrons. The van der Waals surface area contributed by atoms with Crippen molar-refractivity contribution in [2.75, 3.05) is 25.9 Å². The normalized spacial score (nSPS) is 31.9. The molecule has 78 valence electrons. The molecule has 0 bridgehead atoms. The predicted octanol–water partition coefficient (Wildman–Crippen LogP) is -0.137. The van der Waals surface area contributed by atoms with Gasteiger partial charge in [0, 0.05) is 13.1 Å². The van der Waals surface area contributed by atoms with Gasteiger partial charge in [-0.1, -0.05) is 6.92 Å². The Balaban J connectivity index is 2.65. The monoisotopic (exact) mass is 206 g/mol. The van der Waals surface area contributed by atoms with Crippen LogP contribution in [-0.4, -0.2) is 38.6 Å². The number of piperidine rings is 1. The van der Waals surface area contributed by atoms with Crippen LogP contribution in [0.4, 0.5) is 0 Å². The van der Waals surface area contributed by atoms with Gasteiger partial charge in [-0.2, -0.15) is 0 Å². The van der Waals surface area contributed by atoms with Crippen LogP contribution in [0.15, 0.2) is 0 Å². The van der Waals surface area contributed by atoms with Crippen LogP contribution < -0.4 is 5.73 Å². The molecule has 0 aromatic carbocycles. The van der Waals surface area contributed by atoms with Gasteiger partial charge in [-0.15, -0.1) is 0 Å². The highest BCUT2D eigenvalue weighted by molar-refractivity contribution is 7.88. The molecule has 1 heterocycles. The maximum absolute atomic E-state index is 11.2. The average Bonchev–Trinajstić information content (AvgIpc) is 2.03. The van der Waals surface area contributed by atoms with E-state index < -0.39 is 10.0 Å². The van der Waals surface area contributed by atoms with E-state index in [0.29, 0.717) is 31.5 Å². The van der Waals surface area contributed by atoms with Crippen molar-refractivity contribution in [1.29, 1.82) is 0 Å². The maximum Gasteiger partial charge on any atom is 0.211 e. The van der Waals surface area contributed by atoms with Crippen molar-refractivity contribution in [3.8, 4) is 0 Å². The summed E-state index contributed by atoms with van der Waals surface area (Å²) in [6, 6.07) is 0. The Labute approximate surface area is 80.1 Å². The molecule has 4 nitrogen and oxygen atoms in total. The third-order valence-corrected chi connectivity index (χ3v) is 4.12. The van der Waals surface area contributed by atoms with Gasteiger partial charge in [0.2, 0.25) is 10.0 Å². The first-order chi connectivity index (χ1) is 5.95. The van der Waals surface area contributed by atoms with E-state index >= 15 is 0 Å². The smallest absolute Gasteiger partial charge is 0.211 e. The summed E-state index contributed by atoms with van der Waals surface area (Å²) < 4.78 is 24.0. The van der Waals surface area contributed by atoms with Gasteiger partial charge in [-0.25, -0.2) is 12.7 Å². The highest BCUT2D eigenvalue weighted by Crippen LogP contribution is 2.23. The lowest BCUT2D eigenvalue weighted by molar-refractivity contribution is 0.204. The minimum Gasteiger partial charge on any atom is -0.330 e. The van der Waals surface area contributed by atoms with Crippen molar-refractivity contribution in [1.82, 2.24) is 4.31 Å². The second-order valence-electron chi connectivity index (χ2n) is 3.88. The van der Waals surface area contributed by atoms with Crippen LogP contribution in [0.1, 0.15) is 13.3 Å². The molecule has 0 aromatic rings. The van der Waals surface area contributed by atoms with E-state index in [1.807, 2.05) is 0 Å². The topological polar surface area (TPSA) is 63.4 Å². The van der Waals surface area contributed by atoms with Crippen molar-refractivity contribution in [3.63, 3.8) is 0 Å². The number of sulfonamides is 1. The van der Waals surface area contributed by atoms with Gasteiger partial charge in [-0.05, 0) is 24.8 Å². The van der Waals surface area contributed by atoms with Gasteiger partial charge in [0.05, 0.1) is 6.26 Å². The van der Waals surface area contributed by atoms with Crippen molar-refractivity contribution >= 4 is 10.0 Å². The van der Waals surface area contributed by atoms with Crippen LogP contribution in [0.2, 0.25) is 0 Å². The average molecular weight is 206 g/mol. The fraction of sp³-hybridized carbons (Fsp3) is 1.00. The summed E-state index contributed by atoms with van der Waals surface area (Å²) in [4.78, 5) is 0. The zero-order chi connectivity index (χ0) is 10.1. The standard InChI is InChI=1S/C8H18N2O2S/c1-7-3-4-10(13(2,11)12)6-8(7)5-9/h7-8H,3-6,9H2,1-2H3. The summed E-state index contributed by atoms with van der Waals surface area (Å²) in [5.74, 6) is 0.867. The van der Waals surface area contributed by atoms with Crippen LogP contribution in [-0.2, 0) is 10.0 Å². The van der Waals surface area contributed by atoms with Gasteiger partial charge < -0.3 is 5.73 Å². The highest BCUT2D eigenvalue weighted by Gasteiger charge is 2.29. The molecule has 2 atom stereocenters. The Morgan fingerprint density at radius 1 is 1.54 bits per heavy atom.